The van der Waals surface area contributed by atoms with Gasteiger partial charge in [-0.3, -0.25) is 4.79 Å². The SMILES string of the molecule is CC(C)OC(=O)CN(C)c1cccc(F)c1. The molecule has 0 amide bonds. The molecule has 88 valence electrons. The zero-order valence-corrected chi connectivity index (χ0v) is 9.74. The number of nitrogens with zero attached hydrogens (tertiary/aromatic N) is 1. The summed E-state index contributed by atoms with van der Waals surface area (Å²) in [6.45, 7) is 3.70. The topological polar surface area (TPSA) is 29.5 Å². The molecular formula is C12H16FNO2. The van der Waals surface area contributed by atoms with Gasteiger partial charge < -0.3 is 9.64 Å². The Morgan fingerprint density at radius 3 is 2.75 bits per heavy atom. The van der Waals surface area contributed by atoms with Gasteiger partial charge in [-0.25, -0.2) is 4.39 Å². The van der Waals surface area contributed by atoms with E-state index in [2.05, 4.69) is 0 Å². The summed E-state index contributed by atoms with van der Waals surface area (Å²) in [5.74, 6) is -0.636. The van der Waals surface area contributed by atoms with Gasteiger partial charge in [0.05, 0.1) is 6.10 Å². The van der Waals surface area contributed by atoms with E-state index in [1.807, 2.05) is 0 Å². The van der Waals surface area contributed by atoms with Gasteiger partial charge in [-0.2, -0.15) is 0 Å². The first kappa shape index (κ1) is 12.5. The van der Waals surface area contributed by atoms with Crippen molar-refractivity contribution < 1.29 is 13.9 Å². The van der Waals surface area contributed by atoms with E-state index in [1.165, 1.54) is 12.1 Å². The van der Waals surface area contributed by atoms with Crippen molar-refractivity contribution in [1.82, 2.24) is 0 Å². The molecule has 0 radical (unpaired) electrons. The van der Waals surface area contributed by atoms with Crippen LogP contribution in [0.3, 0.4) is 0 Å². The van der Waals surface area contributed by atoms with E-state index < -0.39 is 0 Å². The number of hydrogen-bond donors (Lipinski definition) is 0. The second-order valence-electron chi connectivity index (χ2n) is 3.87. The Morgan fingerprint density at radius 2 is 2.19 bits per heavy atom. The average molecular weight is 225 g/mol. The van der Waals surface area contributed by atoms with Crippen molar-refractivity contribution in [2.75, 3.05) is 18.5 Å². The lowest BCUT2D eigenvalue weighted by Crippen LogP contribution is -2.28. The number of halogens is 1. The number of carbonyl (C=O) groups is 1. The molecule has 0 aliphatic carbocycles. The molecule has 0 aliphatic heterocycles. The highest BCUT2D eigenvalue weighted by atomic mass is 19.1. The summed E-state index contributed by atoms with van der Waals surface area (Å²) < 4.78 is 17.9. The Kier molecular flexibility index (Phi) is 4.28. The van der Waals surface area contributed by atoms with Crippen molar-refractivity contribution in [3.05, 3.63) is 30.1 Å². The molecule has 1 rings (SSSR count). The Morgan fingerprint density at radius 1 is 1.50 bits per heavy atom. The van der Waals surface area contributed by atoms with Crippen LogP contribution in [0.1, 0.15) is 13.8 Å². The summed E-state index contributed by atoms with van der Waals surface area (Å²) in [6.07, 6.45) is -0.131. The van der Waals surface area contributed by atoms with Crippen LogP contribution in [0, 0.1) is 5.82 Å². The largest absolute Gasteiger partial charge is 0.462 e. The van der Waals surface area contributed by atoms with Crippen LogP contribution in [0.5, 0.6) is 0 Å². The summed E-state index contributed by atoms with van der Waals surface area (Å²) in [7, 11) is 1.72. The lowest BCUT2D eigenvalue weighted by molar-refractivity contribution is -0.145. The molecular weight excluding hydrogens is 209 g/mol. The van der Waals surface area contributed by atoms with E-state index in [9.17, 15) is 9.18 Å². The van der Waals surface area contributed by atoms with Gasteiger partial charge in [-0.05, 0) is 32.0 Å². The lowest BCUT2D eigenvalue weighted by atomic mass is 10.3. The van der Waals surface area contributed by atoms with Crippen molar-refractivity contribution in [3.63, 3.8) is 0 Å². The second-order valence-corrected chi connectivity index (χ2v) is 3.87. The molecule has 0 atom stereocenters. The molecule has 4 heteroatoms. The highest BCUT2D eigenvalue weighted by Gasteiger charge is 2.10. The first-order valence-corrected chi connectivity index (χ1v) is 5.15. The van der Waals surface area contributed by atoms with Crippen molar-refractivity contribution in [1.29, 1.82) is 0 Å². The highest BCUT2D eigenvalue weighted by molar-refractivity contribution is 5.75. The number of rotatable bonds is 4. The van der Waals surface area contributed by atoms with Crippen molar-refractivity contribution in [2.24, 2.45) is 0 Å². The van der Waals surface area contributed by atoms with Gasteiger partial charge in [-0.15, -0.1) is 0 Å². The van der Waals surface area contributed by atoms with Crippen LogP contribution in [0.15, 0.2) is 24.3 Å². The minimum Gasteiger partial charge on any atom is -0.462 e. The number of hydrogen-bond acceptors (Lipinski definition) is 3. The third-order valence-electron chi connectivity index (χ3n) is 1.98. The summed E-state index contributed by atoms with van der Waals surface area (Å²) in [5.41, 5.74) is 0.653. The minimum absolute atomic E-state index is 0.113. The maximum Gasteiger partial charge on any atom is 0.325 e. The lowest BCUT2D eigenvalue weighted by Gasteiger charge is -2.19. The molecule has 3 nitrogen and oxygen atoms in total. The molecule has 16 heavy (non-hydrogen) atoms. The Labute approximate surface area is 94.8 Å². The van der Waals surface area contributed by atoms with Crippen LogP contribution >= 0.6 is 0 Å². The quantitative estimate of drug-likeness (QED) is 0.736. The Hall–Kier alpha value is -1.58. The molecule has 0 bridgehead atoms. The third kappa shape index (κ3) is 3.88. The van der Waals surface area contributed by atoms with E-state index in [0.29, 0.717) is 5.69 Å². The molecule has 0 N–H and O–H groups in total. The predicted molar refractivity (Wildman–Crippen MR) is 60.9 cm³/mol. The monoisotopic (exact) mass is 225 g/mol. The fourth-order valence-corrected chi connectivity index (χ4v) is 1.30. The molecule has 0 spiro atoms. The molecule has 0 unspecified atom stereocenters. The van der Waals surface area contributed by atoms with Gasteiger partial charge in [0, 0.05) is 12.7 Å². The highest BCUT2D eigenvalue weighted by Crippen LogP contribution is 2.13. The zero-order valence-electron chi connectivity index (χ0n) is 9.74. The summed E-state index contributed by atoms with van der Waals surface area (Å²) >= 11 is 0. The van der Waals surface area contributed by atoms with Crippen LogP contribution in [-0.4, -0.2) is 25.7 Å². The van der Waals surface area contributed by atoms with Gasteiger partial charge in [0.15, 0.2) is 0 Å². The van der Waals surface area contributed by atoms with E-state index in [4.69, 9.17) is 4.74 Å². The number of benzene rings is 1. The van der Waals surface area contributed by atoms with Gasteiger partial charge in [0.2, 0.25) is 0 Å². The van der Waals surface area contributed by atoms with E-state index >= 15 is 0 Å². The van der Waals surface area contributed by atoms with Crippen molar-refractivity contribution >= 4 is 11.7 Å². The number of anilines is 1. The summed E-state index contributed by atoms with van der Waals surface area (Å²) in [6, 6.07) is 6.09. The van der Waals surface area contributed by atoms with Crippen LogP contribution in [0.25, 0.3) is 0 Å². The van der Waals surface area contributed by atoms with Crippen LogP contribution < -0.4 is 4.90 Å². The molecule has 0 heterocycles. The van der Waals surface area contributed by atoms with Crippen LogP contribution in [0.4, 0.5) is 10.1 Å². The minimum atomic E-state index is -0.318. The summed E-state index contributed by atoms with van der Waals surface area (Å²) in [5, 5.41) is 0. The molecule has 1 aromatic rings. The average Bonchev–Trinajstić information content (AvgIpc) is 2.16. The first-order chi connectivity index (χ1) is 7.49. The van der Waals surface area contributed by atoms with Crippen molar-refractivity contribution in [2.45, 2.75) is 20.0 Å². The molecule has 0 aromatic heterocycles. The maximum atomic E-state index is 12.9. The molecule has 0 aliphatic rings. The normalized spacial score (nSPS) is 10.3. The number of likely N-dealkylation sites (N-methyl/N-ethyl adjacent to an activating group) is 1. The van der Waals surface area contributed by atoms with Gasteiger partial charge >= 0.3 is 5.97 Å². The molecule has 0 fully saturated rings. The molecule has 0 saturated carbocycles. The first-order valence-electron chi connectivity index (χ1n) is 5.15. The number of carbonyl (C=O) groups excluding carboxylic acids is 1. The maximum absolute atomic E-state index is 12.9. The number of ether oxygens (including phenoxy) is 1. The standard InChI is InChI=1S/C12H16FNO2/c1-9(2)16-12(15)8-14(3)11-6-4-5-10(13)7-11/h4-7,9H,8H2,1-3H3. The molecule has 0 saturated heterocycles. The Bertz CT molecular complexity index is 366. The third-order valence-corrected chi connectivity index (χ3v) is 1.98. The van der Waals surface area contributed by atoms with Gasteiger partial charge in [0.25, 0.3) is 0 Å². The van der Waals surface area contributed by atoms with Gasteiger partial charge in [-0.1, -0.05) is 6.07 Å². The fraction of sp³-hybridized carbons (Fsp3) is 0.417. The fourth-order valence-electron chi connectivity index (χ4n) is 1.30. The smallest absolute Gasteiger partial charge is 0.325 e. The predicted octanol–water partition coefficient (Wildman–Crippen LogP) is 2.21. The van der Waals surface area contributed by atoms with Crippen LogP contribution in [-0.2, 0) is 9.53 Å². The van der Waals surface area contributed by atoms with E-state index in [-0.39, 0.29) is 24.4 Å². The number of esters is 1. The summed E-state index contributed by atoms with van der Waals surface area (Å²) in [4.78, 5) is 13.0. The van der Waals surface area contributed by atoms with Gasteiger partial charge in [0.1, 0.15) is 12.4 Å². The Balaban J connectivity index is 2.58. The van der Waals surface area contributed by atoms with E-state index in [1.54, 1.807) is 37.9 Å². The second kappa shape index (κ2) is 5.49. The zero-order chi connectivity index (χ0) is 12.1. The van der Waals surface area contributed by atoms with Crippen LogP contribution in [0.2, 0.25) is 0 Å². The van der Waals surface area contributed by atoms with Crippen molar-refractivity contribution in [3.8, 4) is 0 Å². The van der Waals surface area contributed by atoms with E-state index in [0.717, 1.165) is 0 Å². The molecule has 1 aromatic carbocycles.